The Bertz CT molecular complexity index is 931. The average molecular weight is 440 g/mol. The van der Waals surface area contributed by atoms with E-state index < -0.39 is 0 Å². The lowest BCUT2D eigenvalue weighted by Gasteiger charge is -2.08. The van der Waals surface area contributed by atoms with Gasteiger partial charge in [0.15, 0.2) is 0 Å². The molecular weight excluding hydrogens is 427 g/mol. The highest BCUT2D eigenvalue weighted by Gasteiger charge is 2.27. The number of phenols is 1. The molecule has 2 nitrogen and oxygen atoms in total. The van der Waals surface area contributed by atoms with Gasteiger partial charge in [-0.1, -0.05) is 59.2 Å². The fraction of sp³-hybridized carbons (Fsp3) is 0.118. The molecular formula is C17H13NOS6. The molecule has 8 heteroatoms. The molecule has 4 rings (SSSR count). The van der Waals surface area contributed by atoms with Crippen LogP contribution in [0.5, 0.6) is 5.75 Å². The van der Waals surface area contributed by atoms with Gasteiger partial charge in [-0.15, -0.1) is 23.5 Å². The van der Waals surface area contributed by atoms with Crippen molar-refractivity contribution in [3.8, 4) is 5.75 Å². The monoisotopic (exact) mass is 439 g/mol. The highest BCUT2D eigenvalue weighted by Crippen LogP contribution is 2.63. The Kier molecular flexibility index (Phi) is 5.64. The maximum Gasteiger partial charge on any atom is 0.150 e. The Morgan fingerprint density at radius 2 is 1.72 bits per heavy atom. The molecule has 0 atom stereocenters. The Morgan fingerprint density at radius 3 is 2.44 bits per heavy atom. The summed E-state index contributed by atoms with van der Waals surface area (Å²) in [6.45, 7) is 0. The van der Waals surface area contributed by atoms with Crippen LogP contribution in [0.25, 0.3) is 15.8 Å². The Morgan fingerprint density at radius 1 is 0.960 bits per heavy atom. The number of hydrogen-bond acceptors (Lipinski definition) is 8. The van der Waals surface area contributed by atoms with Crippen molar-refractivity contribution < 1.29 is 5.11 Å². The van der Waals surface area contributed by atoms with Crippen LogP contribution in [0.15, 0.2) is 52.8 Å². The number of phenolic OH excluding ortho intramolecular Hbond substituents is 1. The molecule has 0 fully saturated rings. The van der Waals surface area contributed by atoms with E-state index in [9.17, 15) is 5.11 Å². The topological polar surface area (TPSA) is 33.1 Å². The molecule has 0 unspecified atom stereocenters. The summed E-state index contributed by atoms with van der Waals surface area (Å²) in [6.07, 6.45) is 5.98. The lowest BCUT2D eigenvalue weighted by atomic mass is 10.1. The van der Waals surface area contributed by atoms with E-state index in [4.69, 9.17) is 0 Å². The van der Waals surface area contributed by atoms with Crippen LogP contribution in [0, 0.1) is 0 Å². The summed E-state index contributed by atoms with van der Waals surface area (Å²) in [7, 11) is 0. The van der Waals surface area contributed by atoms with Crippen molar-refractivity contribution in [3.05, 3.63) is 58.4 Å². The second kappa shape index (κ2) is 7.78. The van der Waals surface area contributed by atoms with Gasteiger partial charge < -0.3 is 5.11 Å². The molecule has 0 radical (unpaired) electrons. The van der Waals surface area contributed by atoms with Gasteiger partial charge >= 0.3 is 0 Å². The normalized spacial score (nSPS) is 17.8. The van der Waals surface area contributed by atoms with E-state index in [0.717, 1.165) is 15.9 Å². The first kappa shape index (κ1) is 18.1. The molecule has 2 aliphatic heterocycles. The van der Waals surface area contributed by atoms with Gasteiger partial charge in [-0.05, 0) is 30.1 Å². The number of benzene rings is 1. The van der Waals surface area contributed by atoms with E-state index in [1.165, 1.54) is 16.9 Å². The lowest BCUT2D eigenvalue weighted by Crippen LogP contribution is -1.84. The molecule has 0 bridgehead atoms. The zero-order valence-electron chi connectivity index (χ0n) is 13.3. The zero-order chi connectivity index (χ0) is 17.4. The molecule has 1 N–H and O–H groups in total. The average Bonchev–Trinajstić information content (AvgIpc) is 3.28. The second-order valence-corrected chi connectivity index (χ2v) is 11.6. The van der Waals surface area contributed by atoms with Crippen LogP contribution >= 0.6 is 70.6 Å². The van der Waals surface area contributed by atoms with Gasteiger partial charge in [0.25, 0.3) is 0 Å². The van der Waals surface area contributed by atoms with Crippen molar-refractivity contribution in [2.45, 2.75) is 0 Å². The molecule has 0 saturated heterocycles. The first-order valence-electron chi connectivity index (χ1n) is 7.25. The van der Waals surface area contributed by atoms with Crippen molar-refractivity contribution in [1.82, 2.24) is 4.98 Å². The third kappa shape index (κ3) is 3.49. The predicted molar refractivity (Wildman–Crippen MR) is 123 cm³/mol. The third-order valence-corrected chi connectivity index (χ3v) is 11.7. The van der Waals surface area contributed by atoms with Crippen LogP contribution < -0.4 is 0 Å². The number of hydrogen-bond donors (Lipinski definition) is 1. The lowest BCUT2D eigenvalue weighted by molar-refractivity contribution is 0.479. The summed E-state index contributed by atoms with van der Waals surface area (Å²) in [6, 6.07) is 7.86. The summed E-state index contributed by atoms with van der Waals surface area (Å²) in [5, 5.41) is 13.7. The van der Waals surface area contributed by atoms with E-state index in [-0.39, 0.29) is 5.75 Å². The molecule has 128 valence electrons. The fourth-order valence-corrected chi connectivity index (χ4v) is 10.0. The Hall–Kier alpha value is -0.250. The van der Waals surface area contributed by atoms with Gasteiger partial charge in [0.1, 0.15) is 11.3 Å². The van der Waals surface area contributed by atoms with E-state index in [0.29, 0.717) is 5.52 Å². The number of pyridine rings is 1. The van der Waals surface area contributed by atoms with Crippen molar-refractivity contribution in [2.75, 3.05) is 12.5 Å². The summed E-state index contributed by atoms with van der Waals surface area (Å²) in [4.78, 5) is 5.41. The van der Waals surface area contributed by atoms with Crippen molar-refractivity contribution in [3.63, 3.8) is 0 Å². The minimum atomic E-state index is 0.267. The predicted octanol–water partition coefficient (Wildman–Crippen LogP) is 7.18. The minimum Gasteiger partial charge on any atom is -0.505 e. The molecule has 1 aromatic carbocycles. The van der Waals surface area contributed by atoms with Crippen LogP contribution in [0.2, 0.25) is 0 Å². The van der Waals surface area contributed by atoms with Gasteiger partial charge in [0.2, 0.25) is 0 Å². The quantitative estimate of drug-likeness (QED) is 0.538. The van der Waals surface area contributed by atoms with E-state index in [1.807, 2.05) is 71.3 Å². The molecule has 25 heavy (non-hydrogen) atoms. The number of thioether (sulfide) groups is 6. The number of fused-ring (bicyclic) bond motifs is 1. The third-order valence-electron chi connectivity index (χ3n) is 3.56. The van der Waals surface area contributed by atoms with Crippen LogP contribution in [0.3, 0.4) is 0 Å². The SMILES string of the molecule is CSC1=C(SC)SC(=C2SC=C(c3ccc4cccnc4c3O)S2)S1. The summed E-state index contributed by atoms with van der Waals surface area (Å²) >= 11 is 10.8. The Balaban J connectivity index is 1.62. The van der Waals surface area contributed by atoms with Gasteiger partial charge in [-0.3, -0.25) is 4.98 Å². The molecule has 0 amide bonds. The van der Waals surface area contributed by atoms with Crippen LogP contribution in [-0.4, -0.2) is 22.6 Å². The minimum absolute atomic E-state index is 0.267. The molecule has 3 heterocycles. The largest absolute Gasteiger partial charge is 0.505 e. The fourth-order valence-electron chi connectivity index (χ4n) is 2.40. The van der Waals surface area contributed by atoms with Crippen LogP contribution in [0.4, 0.5) is 0 Å². The first-order chi connectivity index (χ1) is 12.2. The Labute approximate surface area is 172 Å². The van der Waals surface area contributed by atoms with E-state index in [1.54, 1.807) is 29.7 Å². The highest BCUT2D eigenvalue weighted by molar-refractivity contribution is 8.42. The standard InChI is InChI=1S/C17H13NOS6/c1-20-14-15(21-2)25-17(24-14)16-22-8-11(23-16)10-6-5-9-4-3-7-18-12(9)13(10)19/h3-8,19H,1-2H3. The smallest absolute Gasteiger partial charge is 0.150 e. The molecule has 0 saturated carbocycles. The molecule has 2 aromatic rings. The van der Waals surface area contributed by atoms with Crippen LogP contribution in [-0.2, 0) is 0 Å². The van der Waals surface area contributed by atoms with Crippen LogP contribution in [0.1, 0.15) is 5.56 Å². The number of aromatic nitrogens is 1. The van der Waals surface area contributed by atoms with E-state index >= 15 is 0 Å². The van der Waals surface area contributed by atoms with Crippen molar-refractivity contribution in [1.29, 1.82) is 0 Å². The number of rotatable bonds is 3. The molecule has 2 aliphatic rings. The summed E-state index contributed by atoms with van der Waals surface area (Å²) in [5.74, 6) is 0.267. The molecule has 0 spiro atoms. The van der Waals surface area contributed by atoms with Crippen molar-refractivity contribution >= 4 is 86.4 Å². The highest BCUT2D eigenvalue weighted by atomic mass is 32.3. The molecule has 0 aliphatic carbocycles. The summed E-state index contributed by atoms with van der Waals surface area (Å²) < 4.78 is 5.40. The maximum atomic E-state index is 10.7. The second-order valence-electron chi connectivity index (χ2n) is 5.00. The maximum absolute atomic E-state index is 10.7. The number of aromatic hydroxyl groups is 1. The van der Waals surface area contributed by atoms with Gasteiger partial charge in [0.05, 0.1) is 16.9 Å². The number of nitrogens with zero attached hydrogens (tertiary/aromatic N) is 1. The van der Waals surface area contributed by atoms with Gasteiger partial charge in [-0.25, -0.2) is 0 Å². The van der Waals surface area contributed by atoms with Gasteiger partial charge in [-0.2, -0.15) is 0 Å². The first-order valence-corrected chi connectivity index (χ1v) is 13.0. The van der Waals surface area contributed by atoms with E-state index in [2.05, 4.69) is 22.9 Å². The zero-order valence-corrected chi connectivity index (χ0v) is 18.2. The summed E-state index contributed by atoms with van der Waals surface area (Å²) in [5.41, 5.74) is 1.52. The molecule has 1 aromatic heterocycles. The van der Waals surface area contributed by atoms with Gasteiger partial charge in [0, 0.05) is 22.1 Å². The van der Waals surface area contributed by atoms with Crippen molar-refractivity contribution in [2.24, 2.45) is 0 Å².